The van der Waals surface area contributed by atoms with Gasteiger partial charge in [0, 0.05) is 25.2 Å². The van der Waals surface area contributed by atoms with Crippen LogP contribution in [0.5, 0.6) is 0 Å². The Morgan fingerprint density at radius 2 is 1.23 bits per heavy atom. The topological polar surface area (TPSA) is 222 Å². The third-order valence-electron chi connectivity index (χ3n) is 8.36. The molecule has 256 valence electrons. The zero-order valence-electron chi connectivity index (χ0n) is 25.7. The third-order valence-corrected chi connectivity index (χ3v) is 8.36. The molecule has 2 fully saturated rings. The second kappa shape index (κ2) is 17.4. The molecular weight excluding hydrogens is 616 g/mol. The number of carbonyl (C=O) groups excluding carboxylic acids is 4. The van der Waals surface area contributed by atoms with E-state index in [1.165, 1.54) is 34.1 Å². The molecule has 2 aromatic rings. The lowest BCUT2D eigenvalue weighted by Gasteiger charge is -2.34. The molecule has 2 aromatic carbocycles. The first-order valence-electron chi connectivity index (χ1n) is 14.9. The van der Waals surface area contributed by atoms with Gasteiger partial charge in [0.15, 0.2) is 5.78 Å². The molecule has 0 aromatic heterocycles. The number of nitrogens with zero attached hydrogens (tertiary/aromatic N) is 4. The number of nitro groups is 2. The zero-order chi connectivity index (χ0) is 34.1. The summed E-state index contributed by atoms with van der Waals surface area (Å²) in [6.07, 6.45) is 4.77. The molecule has 0 unspecified atom stereocenters. The first kappa shape index (κ1) is 38.6. The highest BCUT2D eigenvalue weighted by atomic mass is 16.6. The summed E-state index contributed by atoms with van der Waals surface area (Å²) in [6, 6.07) is 3.90. The van der Waals surface area contributed by atoms with E-state index in [0.29, 0.717) is 60.9 Å². The molecule has 3 N–H and O–H groups in total. The van der Waals surface area contributed by atoms with Crippen molar-refractivity contribution in [1.82, 2.24) is 9.80 Å². The van der Waals surface area contributed by atoms with E-state index < -0.39 is 46.1 Å². The van der Waals surface area contributed by atoms with Gasteiger partial charge >= 0.3 is 0 Å². The highest BCUT2D eigenvalue weighted by Crippen LogP contribution is 2.29. The predicted molar refractivity (Wildman–Crippen MR) is 170 cm³/mol. The second-order valence-electron chi connectivity index (χ2n) is 11.3. The van der Waals surface area contributed by atoms with Crippen molar-refractivity contribution in [1.29, 1.82) is 0 Å². The van der Waals surface area contributed by atoms with Crippen LogP contribution in [0.1, 0.15) is 88.9 Å². The van der Waals surface area contributed by atoms with Crippen LogP contribution in [0.2, 0.25) is 0 Å². The van der Waals surface area contributed by atoms with Gasteiger partial charge in [-0.05, 0) is 86.8 Å². The fourth-order valence-corrected chi connectivity index (χ4v) is 5.74. The van der Waals surface area contributed by atoms with Crippen molar-refractivity contribution in [3.63, 3.8) is 0 Å². The smallest absolute Gasteiger partial charge is 0.282 e. The molecule has 15 heteroatoms. The molecule has 47 heavy (non-hydrogen) atoms. The van der Waals surface area contributed by atoms with Gasteiger partial charge in [-0.3, -0.25) is 34.6 Å². The van der Waals surface area contributed by atoms with Crippen molar-refractivity contribution >= 4 is 35.3 Å². The normalized spacial score (nSPS) is 17.5. The molecule has 0 spiro atoms. The van der Waals surface area contributed by atoms with E-state index in [0.717, 1.165) is 19.3 Å². The minimum absolute atomic E-state index is 0. The van der Waals surface area contributed by atoms with Gasteiger partial charge in [0.1, 0.15) is 24.0 Å². The molecule has 0 aliphatic carbocycles. The van der Waals surface area contributed by atoms with Crippen LogP contribution >= 0.6 is 0 Å². The van der Waals surface area contributed by atoms with Crippen LogP contribution in [0, 0.1) is 34.1 Å². The van der Waals surface area contributed by atoms with Gasteiger partial charge in [0.25, 0.3) is 23.2 Å². The molecule has 2 atom stereocenters. The second-order valence-corrected chi connectivity index (χ2v) is 11.3. The molecule has 2 amide bonds. The Balaban J connectivity index is 0.000000321. The number of piperidine rings is 2. The summed E-state index contributed by atoms with van der Waals surface area (Å²) < 4.78 is 0. The Bertz CT molecular complexity index is 1510. The lowest BCUT2D eigenvalue weighted by molar-refractivity contribution is -0.385. The first-order valence-corrected chi connectivity index (χ1v) is 14.9. The Morgan fingerprint density at radius 1 is 0.787 bits per heavy atom. The van der Waals surface area contributed by atoms with E-state index in [1.54, 1.807) is 13.8 Å². The largest absolute Gasteiger partial charge is 0.392 e. The average Bonchev–Trinajstić information content (AvgIpc) is 3.07. The van der Waals surface area contributed by atoms with Crippen molar-refractivity contribution in [3.05, 3.63) is 77.9 Å². The number of rotatable bonds is 9. The number of amides is 2. The summed E-state index contributed by atoms with van der Waals surface area (Å²) >= 11 is 0. The predicted octanol–water partition coefficient (Wildman–Crippen LogP) is 3.18. The maximum Gasteiger partial charge on any atom is 0.282 e. The van der Waals surface area contributed by atoms with Gasteiger partial charge in [-0.25, -0.2) is 0 Å². The Labute approximate surface area is 272 Å². The molecule has 15 nitrogen and oxygen atoms in total. The molecule has 2 aliphatic rings. The first-order chi connectivity index (χ1) is 21.9. The van der Waals surface area contributed by atoms with Crippen LogP contribution in [0.15, 0.2) is 24.3 Å². The van der Waals surface area contributed by atoms with Gasteiger partial charge < -0.3 is 29.9 Å². The van der Waals surface area contributed by atoms with Crippen molar-refractivity contribution in [2.24, 2.45) is 0 Å². The molecule has 2 heterocycles. The highest BCUT2D eigenvalue weighted by molar-refractivity contribution is 6.01. The molecule has 2 saturated heterocycles. The van der Waals surface area contributed by atoms with Crippen LogP contribution in [0.25, 0.3) is 0 Å². The van der Waals surface area contributed by atoms with Crippen molar-refractivity contribution in [3.8, 4) is 0 Å². The van der Waals surface area contributed by atoms with Gasteiger partial charge in [0.05, 0.1) is 35.1 Å². The number of aryl methyl sites for hydroxylation is 2. The van der Waals surface area contributed by atoms with Gasteiger partial charge in [0.2, 0.25) is 0 Å². The number of carbonyl (C=O) groups is 4. The Kier molecular flexibility index (Phi) is 14.2. The monoisotopic (exact) mass is 658 g/mol. The minimum atomic E-state index is -0.769. The third kappa shape index (κ3) is 8.81. The molecule has 0 saturated carbocycles. The number of nitro benzene ring substituents is 2. The van der Waals surface area contributed by atoms with Crippen molar-refractivity contribution in [2.45, 2.75) is 85.1 Å². The molecule has 0 radical (unpaired) electrons. The van der Waals surface area contributed by atoms with Crippen LogP contribution in [-0.2, 0) is 22.8 Å². The Morgan fingerprint density at radius 3 is 1.66 bits per heavy atom. The summed E-state index contributed by atoms with van der Waals surface area (Å²) in [5.74, 6) is -1.62. The van der Waals surface area contributed by atoms with Gasteiger partial charge in [-0.1, -0.05) is 7.43 Å². The summed E-state index contributed by atoms with van der Waals surface area (Å²) in [5, 5.41) is 50.3. The zero-order valence-corrected chi connectivity index (χ0v) is 25.7. The maximum absolute atomic E-state index is 12.8. The molecular formula is C32H42N4O11. The van der Waals surface area contributed by atoms with E-state index in [4.69, 9.17) is 5.11 Å². The summed E-state index contributed by atoms with van der Waals surface area (Å²) in [4.78, 5) is 72.5. The van der Waals surface area contributed by atoms with Crippen LogP contribution in [-0.4, -0.2) is 90.6 Å². The summed E-state index contributed by atoms with van der Waals surface area (Å²) in [5.41, 5.74) is 1.09. The van der Waals surface area contributed by atoms with Crippen LogP contribution in [0.3, 0.4) is 0 Å². The number of aldehydes is 1. The Hall–Kier alpha value is -4.60. The molecule has 4 rings (SSSR count). The number of likely N-dealkylation sites (tertiary alicyclic amines) is 2. The number of aliphatic hydroxyl groups is 3. The van der Waals surface area contributed by atoms with E-state index in [1.807, 2.05) is 0 Å². The highest BCUT2D eigenvalue weighted by Gasteiger charge is 2.35. The standard InChI is InChI=1S/C16H20N2O6.C15H18N2O5.CH4/c1-10-6-14(18(23)24)12(7-11(10)8-19)16(22)17-5-3-2-4-13(17)15(21)9-20;1-10-6-14(17(21)22)13(7-11(10)8-18)15(20)16-5-3-2-4-12(16)9-19;/h6-7,13,19-20H,2-5,8-9H2,1H3;6-7,9,12,18H,2-5,8H2,1H3;1H4/t13-;12-;/m11./s1. The van der Waals surface area contributed by atoms with E-state index in [2.05, 4.69) is 0 Å². The van der Waals surface area contributed by atoms with E-state index in [-0.39, 0.29) is 43.1 Å². The number of Topliss-reactive ketones (excluding diaryl/α,β-unsaturated/α-hetero) is 1. The SMILES string of the molecule is C.Cc1cc([N+](=O)[O-])c(C(=O)N2CCCC[C@@H]2C(=O)CO)cc1CO.Cc1cc([N+](=O)[O-])c(C(=O)N2CCCC[C@@H]2C=O)cc1CO. The van der Waals surface area contributed by atoms with Gasteiger partial charge in [-0.2, -0.15) is 0 Å². The number of aliphatic hydroxyl groups excluding tert-OH is 3. The lowest BCUT2D eigenvalue weighted by Crippen LogP contribution is -2.49. The summed E-state index contributed by atoms with van der Waals surface area (Å²) in [6.45, 7) is 2.64. The number of hydrogen-bond acceptors (Lipinski definition) is 11. The number of hydrogen-bond donors (Lipinski definition) is 3. The van der Waals surface area contributed by atoms with E-state index >= 15 is 0 Å². The summed E-state index contributed by atoms with van der Waals surface area (Å²) in [7, 11) is 0. The van der Waals surface area contributed by atoms with Crippen LogP contribution < -0.4 is 0 Å². The fourth-order valence-electron chi connectivity index (χ4n) is 5.74. The maximum atomic E-state index is 12.8. The molecule has 0 bridgehead atoms. The average molecular weight is 659 g/mol. The van der Waals surface area contributed by atoms with Crippen molar-refractivity contribution in [2.75, 3.05) is 19.7 Å². The van der Waals surface area contributed by atoms with E-state index in [9.17, 15) is 49.6 Å². The quantitative estimate of drug-likeness (QED) is 0.202. The minimum Gasteiger partial charge on any atom is -0.392 e. The fraction of sp³-hybridized carbons (Fsp3) is 0.500. The van der Waals surface area contributed by atoms with Gasteiger partial charge in [-0.15, -0.1) is 0 Å². The molecule has 2 aliphatic heterocycles. The van der Waals surface area contributed by atoms with Crippen molar-refractivity contribution < 1.29 is 44.3 Å². The van der Waals surface area contributed by atoms with Crippen LogP contribution in [0.4, 0.5) is 11.4 Å². The lowest BCUT2D eigenvalue weighted by atomic mass is 9.96. The number of benzene rings is 2. The number of ketones is 1.